The molecule has 0 bridgehead atoms. The molecule has 28 heavy (non-hydrogen) atoms. The number of benzene rings is 2. The lowest BCUT2D eigenvalue weighted by Crippen LogP contribution is -2.32. The van der Waals surface area contributed by atoms with Crippen molar-refractivity contribution in [2.45, 2.75) is 26.2 Å². The quantitative estimate of drug-likeness (QED) is 0.817. The Kier molecular flexibility index (Phi) is 6.23. The van der Waals surface area contributed by atoms with E-state index in [0.717, 1.165) is 29.7 Å². The molecule has 1 N–H and O–H groups in total. The van der Waals surface area contributed by atoms with Crippen LogP contribution in [0.3, 0.4) is 0 Å². The molecular weight excluding hydrogens is 364 g/mol. The van der Waals surface area contributed by atoms with Crippen molar-refractivity contribution in [1.29, 1.82) is 0 Å². The van der Waals surface area contributed by atoms with Gasteiger partial charge in [0, 0.05) is 50.4 Å². The predicted molar refractivity (Wildman–Crippen MR) is 106 cm³/mol. The summed E-state index contributed by atoms with van der Waals surface area (Å²) in [5.41, 5.74) is 1.75. The maximum absolute atomic E-state index is 14.0. The number of hydrogen-bond acceptors (Lipinski definition) is 3. The molecule has 1 aliphatic rings. The zero-order valence-electron chi connectivity index (χ0n) is 15.8. The van der Waals surface area contributed by atoms with Gasteiger partial charge < -0.3 is 15.1 Å². The lowest BCUT2D eigenvalue weighted by Gasteiger charge is -2.21. The molecule has 7 heteroatoms. The van der Waals surface area contributed by atoms with Crippen LogP contribution in [0.15, 0.2) is 42.5 Å². The lowest BCUT2D eigenvalue weighted by molar-refractivity contribution is -0.117. The van der Waals surface area contributed by atoms with Gasteiger partial charge in [-0.1, -0.05) is 0 Å². The topological polar surface area (TPSA) is 52.7 Å². The highest BCUT2D eigenvalue weighted by Crippen LogP contribution is 2.23. The van der Waals surface area contributed by atoms with Gasteiger partial charge in [-0.3, -0.25) is 9.59 Å². The number of rotatable bonds is 6. The largest absolute Gasteiger partial charge is 0.372 e. The number of halogens is 2. The number of nitrogens with zero attached hydrogens (tertiary/aromatic N) is 2. The van der Waals surface area contributed by atoms with E-state index in [0.29, 0.717) is 11.8 Å². The lowest BCUT2D eigenvalue weighted by atomic mass is 10.2. The van der Waals surface area contributed by atoms with Crippen molar-refractivity contribution in [1.82, 2.24) is 0 Å². The van der Waals surface area contributed by atoms with Crippen LogP contribution in [0, 0.1) is 11.6 Å². The second kappa shape index (κ2) is 8.82. The average molecular weight is 387 g/mol. The highest BCUT2D eigenvalue weighted by Gasteiger charge is 2.18. The standard InChI is InChI=1S/C21H23F2N3O2/c1-15(27)26(20-9-4-16(22)14-19(20)23)13-10-21(28)24-17-5-7-18(8-6-17)25-11-2-3-12-25/h4-9,14H,2-3,10-13H2,1H3,(H,24,28). The minimum Gasteiger partial charge on any atom is -0.372 e. The van der Waals surface area contributed by atoms with Crippen molar-refractivity contribution in [3.8, 4) is 0 Å². The molecule has 0 aliphatic carbocycles. The van der Waals surface area contributed by atoms with Crippen molar-refractivity contribution in [3.05, 3.63) is 54.1 Å². The van der Waals surface area contributed by atoms with Crippen LogP contribution in [-0.4, -0.2) is 31.4 Å². The summed E-state index contributed by atoms with van der Waals surface area (Å²) in [5, 5.41) is 2.78. The summed E-state index contributed by atoms with van der Waals surface area (Å²) in [6, 6.07) is 10.6. The van der Waals surface area contributed by atoms with E-state index in [9.17, 15) is 18.4 Å². The molecule has 1 saturated heterocycles. The van der Waals surface area contributed by atoms with Gasteiger partial charge in [0.05, 0.1) is 5.69 Å². The average Bonchev–Trinajstić information content (AvgIpc) is 3.18. The summed E-state index contributed by atoms with van der Waals surface area (Å²) < 4.78 is 27.0. The molecule has 0 unspecified atom stereocenters. The first-order chi connectivity index (χ1) is 13.4. The highest BCUT2D eigenvalue weighted by atomic mass is 19.1. The van der Waals surface area contributed by atoms with E-state index in [1.807, 2.05) is 24.3 Å². The van der Waals surface area contributed by atoms with Crippen LogP contribution in [0.1, 0.15) is 26.2 Å². The van der Waals surface area contributed by atoms with Crippen molar-refractivity contribution in [2.24, 2.45) is 0 Å². The van der Waals surface area contributed by atoms with Gasteiger partial charge in [0.2, 0.25) is 11.8 Å². The fourth-order valence-corrected chi connectivity index (χ4v) is 3.32. The number of nitrogens with one attached hydrogen (secondary N) is 1. The fraction of sp³-hybridized carbons (Fsp3) is 0.333. The van der Waals surface area contributed by atoms with Gasteiger partial charge in [-0.2, -0.15) is 0 Å². The van der Waals surface area contributed by atoms with Crippen LogP contribution >= 0.6 is 0 Å². The van der Waals surface area contributed by atoms with Crippen molar-refractivity contribution in [3.63, 3.8) is 0 Å². The van der Waals surface area contributed by atoms with E-state index in [1.54, 1.807) is 0 Å². The minimum absolute atomic E-state index is 0.00438. The summed E-state index contributed by atoms with van der Waals surface area (Å²) in [6.45, 7) is 3.37. The van der Waals surface area contributed by atoms with Crippen molar-refractivity contribution < 1.29 is 18.4 Å². The first kappa shape index (κ1) is 19.8. The van der Waals surface area contributed by atoms with Gasteiger partial charge in [0.25, 0.3) is 0 Å². The Bertz CT molecular complexity index is 849. The molecule has 1 aliphatic heterocycles. The molecule has 148 valence electrons. The molecule has 1 heterocycles. The highest BCUT2D eigenvalue weighted by molar-refractivity contribution is 5.95. The van der Waals surface area contributed by atoms with Crippen LogP contribution in [0.2, 0.25) is 0 Å². The number of carbonyl (C=O) groups is 2. The number of hydrogen-bond donors (Lipinski definition) is 1. The van der Waals surface area contributed by atoms with Crippen LogP contribution in [-0.2, 0) is 9.59 Å². The van der Waals surface area contributed by atoms with Crippen molar-refractivity contribution in [2.75, 3.05) is 34.8 Å². The Labute approximate surface area is 162 Å². The van der Waals surface area contributed by atoms with Gasteiger partial charge >= 0.3 is 0 Å². The van der Waals surface area contributed by atoms with Gasteiger partial charge in [-0.15, -0.1) is 0 Å². The first-order valence-corrected chi connectivity index (χ1v) is 9.32. The van der Waals surface area contributed by atoms with Gasteiger partial charge in [0.15, 0.2) is 0 Å². The van der Waals surface area contributed by atoms with E-state index < -0.39 is 17.5 Å². The van der Waals surface area contributed by atoms with Crippen LogP contribution in [0.4, 0.5) is 25.8 Å². The third kappa shape index (κ3) is 4.85. The summed E-state index contributed by atoms with van der Waals surface area (Å²) in [5.74, 6) is -2.27. The van der Waals surface area contributed by atoms with Crippen molar-refractivity contribution >= 4 is 28.9 Å². The Balaban J connectivity index is 1.58. The molecular formula is C21H23F2N3O2. The molecule has 0 aromatic heterocycles. The Hall–Kier alpha value is -2.96. The van der Waals surface area contributed by atoms with Gasteiger partial charge in [-0.05, 0) is 49.2 Å². The number of carbonyl (C=O) groups excluding carboxylic acids is 2. The Morgan fingerprint density at radius 1 is 1.07 bits per heavy atom. The van der Waals surface area contributed by atoms with Gasteiger partial charge in [-0.25, -0.2) is 8.78 Å². The smallest absolute Gasteiger partial charge is 0.226 e. The minimum atomic E-state index is -0.840. The molecule has 0 atom stereocenters. The van der Waals surface area contributed by atoms with Crippen LogP contribution in [0.25, 0.3) is 0 Å². The zero-order chi connectivity index (χ0) is 20.1. The monoisotopic (exact) mass is 387 g/mol. The zero-order valence-corrected chi connectivity index (χ0v) is 15.8. The van der Waals surface area contributed by atoms with Crippen LogP contribution < -0.4 is 15.1 Å². The first-order valence-electron chi connectivity index (χ1n) is 9.32. The number of anilines is 3. The molecule has 3 rings (SSSR count). The molecule has 0 radical (unpaired) electrons. The van der Waals surface area contributed by atoms with E-state index >= 15 is 0 Å². The maximum Gasteiger partial charge on any atom is 0.226 e. The maximum atomic E-state index is 14.0. The van der Waals surface area contributed by atoms with E-state index in [-0.39, 0.29) is 24.6 Å². The van der Waals surface area contributed by atoms with E-state index in [2.05, 4.69) is 10.2 Å². The van der Waals surface area contributed by atoms with Crippen LogP contribution in [0.5, 0.6) is 0 Å². The summed E-state index contributed by atoms with van der Waals surface area (Å²) in [7, 11) is 0. The Morgan fingerprint density at radius 2 is 1.75 bits per heavy atom. The third-order valence-corrected chi connectivity index (χ3v) is 4.77. The molecule has 1 fully saturated rings. The fourth-order valence-electron chi connectivity index (χ4n) is 3.32. The Morgan fingerprint density at radius 3 is 2.36 bits per heavy atom. The predicted octanol–water partition coefficient (Wildman–Crippen LogP) is 3.95. The molecule has 2 amide bonds. The summed E-state index contributed by atoms with van der Waals surface area (Å²) >= 11 is 0. The second-order valence-electron chi connectivity index (χ2n) is 6.81. The number of amides is 2. The normalized spacial score (nSPS) is 13.5. The third-order valence-electron chi connectivity index (χ3n) is 4.77. The molecule has 5 nitrogen and oxygen atoms in total. The SMILES string of the molecule is CC(=O)N(CCC(=O)Nc1ccc(N2CCCC2)cc1)c1ccc(F)cc1F. The van der Waals surface area contributed by atoms with Gasteiger partial charge in [0.1, 0.15) is 11.6 Å². The molecule has 2 aromatic rings. The molecule has 0 saturated carbocycles. The summed E-state index contributed by atoms with van der Waals surface area (Å²) in [6.07, 6.45) is 2.38. The molecule has 0 spiro atoms. The summed E-state index contributed by atoms with van der Waals surface area (Å²) in [4.78, 5) is 27.5. The van der Waals surface area contributed by atoms with E-state index in [1.165, 1.54) is 25.8 Å². The second-order valence-corrected chi connectivity index (χ2v) is 6.81. The van der Waals surface area contributed by atoms with E-state index in [4.69, 9.17) is 0 Å². The molecule has 2 aromatic carbocycles.